The zero-order chi connectivity index (χ0) is 18.3. The van der Waals surface area contributed by atoms with Crippen molar-refractivity contribution in [3.05, 3.63) is 47.0 Å². The molecule has 0 fully saturated rings. The Bertz CT molecular complexity index is 983. The lowest BCUT2D eigenvalue weighted by atomic mass is 9.81. The number of hydrogen-bond acceptors (Lipinski definition) is 6. The van der Waals surface area contributed by atoms with E-state index in [0.29, 0.717) is 28.6 Å². The molecule has 0 aromatic heterocycles. The van der Waals surface area contributed by atoms with Crippen LogP contribution < -0.4 is 31.4 Å². The van der Waals surface area contributed by atoms with Gasteiger partial charge in [-0.05, 0) is 32.1 Å². The van der Waals surface area contributed by atoms with Gasteiger partial charge in [-0.25, -0.2) is 0 Å². The van der Waals surface area contributed by atoms with Crippen molar-refractivity contribution in [3.63, 3.8) is 0 Å². The van der Waals surface area contributed by atoms with Crippen LogP contribution >= 0.6 is 0 Å². The number of rotatable bonds is 0. The van der Waals surface area contributed by atoms with Gasteiger partial charge in [0.1, 0.15) is 29.2 Å². The van der Waals surface area contributed by atoms with Gasteiger partial charge in [0.15, 0.2) is 17.6 Å². The highest BCUT2D eigenvalue weighted by Gasteiger charge is 2.52. The zero-order valence-corrected chi connectivity index (χ0v) is 14.7. The van der Waals surface area contributed by atoms with Crippen LogP contribution in [0.4, 0.5) is 11.4 Å². The number of fused-ring (bicyclic) bond motifs is 6. The van der Waals surface area contributed by atoms with Gasteiger partial charge in [-0.1, -0.05) is 12.1 Å². The average Bonchev–Trinajstić information content (AvgIpc) is 2.87. The Hall–Kier alpha value is -2.86. The third-order valence-electron chi connectivity index (χ3n) is 5.31. The molecule has 2 aromatic carbocycles. The van der Waals surface area contributed by atoms with Crippen molar-refractivity contribution in [1.29, 1.82) is 0 Å². The highest BCUT2D eigenvalue weighted by molar-refractivity contribution is 5.78. The minimum atomic E-state index is -0.783. The van der Waals surface area contributed by atoms with E-state index in [0.717, 1.165) is 16.7 Å². The minimum Gasteiger partial charge on any atom is -0.488 e. The van der Waals surface area contributed by atoms with E-state index < -0.39 is 11.1 Å². The Balaban J connectivity index is 1.68. The smallest absolute Gasteiger partial charge is 0.154 e. The Labute approximate surface area is 151 Å². The van der Waals surface area contributed by atoms with Crippen molar-refractivity contribution >= 4 is 17.5 Å². The van der Waals surface area contributed by atoms with Crippen molar-refractivity contribution in [1.82, 2.24) is 0 Å². The van der Waals surface area contributed by atoms with Crippen LogP contribution in [0.5, 0.6) is 17.2 Å². The van der Waals surface area contributed by atoms with Crippen LogP contribution in [0.15, 0.2) is 30.3 Å². The molecule has 0 saturated carbocycles. The molecule has 134 valence electrons. The molecule has 26 heavy (non-hydrogen) atoms. The van der Waals surface area contributed by atoms with Crippen LogP contribution in [0, 0.1) is 0 Å². The summed E-state index contributed by atoms with van der Waals surface area (Å²) in [5.41, 5.74) is 21.6. The number of nitrogens with two attached hydrogens (primary N) is 3. The summed E-state index contributed by atoms with van der Waals surface area (Å²) in [7, 11) is 0. The van der Waals surface area contributed by atoms with Crippen molar-refractivity contribution in [2.75, 3.05) is 18.1 Å². The summed E-state index contributed by atoms with van der Waals surface area (Å²) in [6.45, 7) is 4.24. The largest absolute Gasteiger partial charge is 0.488 e. The molecule has 6 heteroatoms. The predicted molar refractivity (Wildman–Crippen MR) is 100 cm³/mol. The molecule has 2 aromatic rings. The summed E-state index contributed by atoms with van der Waals surface area (Å²) in [5, 5.41) is 0. The summed E-state index contributed by atoms with van der Waals surface area (Å²) in [4.78, 5) is 0. The molecule has 0 aliphatic carbocycles. The van der Waals surface area contributed by atoms with Crippen LogP contribution in [-0.4, -0.2) is 12.2 Å². The molecule has 2 unspecified atom stereocenters. The predicted octanol–water partition coefficient (Wildman–Crippen LogP) is 2.72. The number of anilines is 2. The first-order valence-electron chi connectivity index (χ1n) is 8.61. The first-order valence-corrected chi connectivity index (χ1v) is 8.61. The normalized spacial score (nSPS) is 26.5. The van der Waals surface area contributed by atoms with Crippen LogP contribution in [0.1, 0.15) is 36.6 Å². The van der Waals surface area contributed by atoms with E-state index in [4.69, 9.17) is 31.4 Å². The molecular formula is C20H21N3O3. The average molecular weight is 351 g/mol. The summed E-state index contributed by atoms with van der Waals surface area (Å²) < 4.78 is 18.3. The fourth-order valence-corrected chi connectivity index (χ4v) is 3.97. The van der Waals surface area contributed by atoms with Gasteiger partial charge >= 0.3 is 0 Å². The zero-order valence-electron chi connectivity index (χ0n) is 14.7. The summed E-state index contributed by atoms with van der Waals surface area (Å²) in [6, 6.07) is 7.53. The van der Waals surface area contributed by atoms with Gasteiger partial charge in [-0.15, -0.1) is 0 Å². The molecule has 0 radical (unpaired) electrons. The topological polar surface area (TPSA) is 106 Å². The van der Waals surface area contributed by atoms with Gasteiger partial charge in [-0.2, -0.15) is 0 Å². The van der Waals surface area contributed by atoms with Crippen molar-refractivity contribution in [2.45, 2.75) is 31.1 Å². The Morgan fingerprint density at radius 2 is 1.92 bits per heavy atom. The van der Waals surface area contributed by atoms with E-state index in [1.165, 1.54) is 0 Å². The van der Waals surface area contributed by atoms with E-state index in [-0.39, 0.29) is 12.7 Å². The SMILES string of the molecule is CC1(C)C=Cc2cc3c(c(N)c2O1)OCC1(N)c2ccc(N)cc2OC31. The fourth-order valence-electron chi connectivity index (χ4n) is 3.97. The van der Waals surface area contributed by atoms with Crippen LogP contribution in [0.2, 0.25) is 0 Å². The lowest BCUT2D eigenvalue weighted by molar-refractivity contribution is 0.0749. The van der Waals surface area contributed by atoms with E-state index in [9.17, 15) is 0 Å². The minimum absolute atomic E-state index is 0.268. The number of nitrogen functional groups attached to an aromatic ring is 2. The second-order valence-electron chi connectivity index (χ2n) is 7.75. The highest BCUT2D eigenvalue weighted by atomic mass is 16.5. The maximum atomic E-state index is 6.73. The first kappa shape index (κ1) is 15.4. The van der Waals surface area contributed by atoms with Gasteiger partial charge < -0.3 is 31.4 Å². The molecule has 2 atom stereocenters. The summed E-state index contributed by atoms with van der Waals surface area (Å²) in [5.74, 6) is 1.92. The number of hydrogen-bond donors (Lipinski definition) is 3. The lowest BCUT2D eigenvalue weighted by Gasteiger charge is -2.38. The van der Waals surface area contributed by atoms with Gasteiger partial charge in [0.25, 0.3) is 0 Å². The van der Waals surface area contributed by atoms with Crippen LogP contribution in [-0.2, 0) is 5.54 Å². The quantitative estimate of drug-likeness (QED) is 0.630. The van der Waals surface area contributed by atoms with Gasteiger partial charge in [0.05, 0.1) is 0 Å². The molecular weight excluding hydrogens is 330 g/mol. The molecule has 0 amide bonds. The van der Waals surface area contributed by atoms with Crippen molar-refractivity contribution in [3.8, 4) is 17.2 Å². The Kier molecular flexibility index (Phi) is 2.75. The molecule has 0 saturated heterocycles. The lowest BCUT2D eigenvalue weighted by Crippen LogP contribution is -2.49. The second-order valence-corrected chi connectivity index (χ2v) is 7.75. The third kappa shape index (κ3) is 1.90. The summed E-state index contributed by atoms with van der Waals surface area (Å²) in [6.07, 6.45) is 3.63. The first-order chi connectivity index (χ1) is 12.3. The summed E-state index contributed by atoms with van der Waals surface area (Å²) >= 11 is 0. The maximum Gasteiger partial charge on any atom is 0.154 e. The van der Waals surface area contributed by atoms with Crippen LogP contribution in [0.25, 0.3) is 6.08 Å². The molecule has 6 nitrogen and oxygen atoms in total. The molecule has 0 bridgehead atoms. The number of ether oxygens (including phenoxy) is 3. The second kappa shape index (κ2) is 4.65. The maximum absolute atomic E-state index is 6.73. The molecule has 3 aliphatic rings. The molecule has 5 rings (SSSR count). The fraction of sp³-hybridized carbons (Fsp3) is 0.300. The van der Waals surface area contributed by atoms with Crippen LogP contribution in [0.3, 0.4) is 0 Å². The molecule has 3 aliphatic heterocycles. The van der Waals surface area contributed by atoms with E-state index >= 15 is 0 Å². The standard InChI is InChI=1S/C20H21N3O3/c1-19(2)6-5-10-7-12-17(15(22)16(10)26-19)24-9-20(23)13-4-3-11(21)8-14(13)25-18(12)20/h3-8,18H,9,21-23H2,1-2H3. The highest BCUT2D eigenvalue weighted by Crippen LogP contribution is 2.56. The van der Waals surface area contributed by atoms with Crippen molar-refractivity contribution < 1.29 is 14.2 Å². The van der Waals surface area contributed by atoms with Gasteiger partial charge in [-0.3, -0.25) is 0 Å². The molecule has 6 N–H and O–H groups in total. The monoisotopic (exact) mass is 351 g/mol. The number of benzene rings is 2. The van der Waals surface area contributed by atoms with Gasteiger partial charge in [0, 0.05) is 28.4 Å². The third-order valence-corrected chi connectivity index (χ3v) is 5.31. The molecule has 3 heterocycles. The molecule has 0 spiro atoms. The Morgan fingerprint density at radius 3 is 2.73 bits per heavy atom. The van der Waals surface area contributed by atoms with E-state index in [1.807, 2.05) is 44.2 Å². The van der Waals surface area contributed by atoms with Gasteiger partial charge in [0.2, 0.25) is 0 Å². The Morgan fingerprint density at radius 1 is 1.12 bits per heavy atom. The van der Waals surface area contributed by atoms with Crippen molar-refractivity contribution in [2.24, 2.45) is 5.73 Å². The van der Waals surface area contributed by atoms with E-state index in [1.54, 1.807) is 6.07 Å². The van der Waals surface area contributed by atoms with E-state index in [2.05, 4.69) is 0 Å².